The summed E-state index contributed by atoms with van der Waals surface area (Å²) in [6.07, 6.45) is 0.876. The van der Waals surface area contributed by atoms with Crippen LogP contribution < -0.4 is 9.80 Å². The second kappa shape index (κ2) is 6.31. The molecule has 0 spiro atoms. The average Bonchev–Trinajstić information content (AvgIpc) is 2.56. The molecule has 0 amide bonds. The third-order valence-corrected chi connectivity index (χ3v) is 4.56. The molecule has 1 aliphatic heterocycles. The molecule has 4 heteroatoms. The fourth-order valence-corrected chi connectivity index (χ4v) is 3.13. The summed E-state index contributed by atoms with van der Waals surface area (Å²) in [5, 5.41) is 0. The minimum absolute atomic E-state index is 0.696. The van der Waals surface area contributed by atoms with Gasteiger partial charge in [0.15, 0.2) is 6.29 Å². The van der Waals surface area contributed by atoms with E-state index in [1.54, 1.807) is 0 Å². The van der Waals surface area contributed by atoms with Crippen molar-refractivity contribution in [1.82, 2.24) is 0 Å². The Morgan fingerprint density at radius 1 is 0.857 bits per heavy atom. The normalized spacial score (nSPS) is 15.1. The lowest BCUT2D eigenvalue weighted by molar-refractivity contribution is 0.112. The van der Waals surface area contributed by atoms with E-state index in [0.29, 0.717) is 5.56 Å². The van der Waals surface area contributed by atoms with Gasteiger partial charge in [0, 0.05) is 47.6 Å². The minimum atomic E-state index is 0.696. The Kier molecular flexibility index (Phi) is 4.25. The lowest BCUT2D eigenvalue weighted by Gasteiger charge is -2.37. The summed E-state index contributed by atoms with van der Waals surface area (Å²) in [6.45, 7) is 4.00. The van der Waals surface area contributed by atoms with Crippen LogP contribution >= 0.6 is 15.9 Å². The van der Waals surface area contributed by atoms with E-state index >= 15 is 0 Å². The zero-order valence-electron chi connectivity index (χ0n) is 11.7. The van der Waals surface area contributed by atoms with Gasteiger partial charge in [0.2, 0.25) is 0 Å². The lowest BCUT2D eigenvalue weighted by Crippen LogP contribution is -2.46. The molecule has 2 aromatic carbocycles. The number of para-hydroxylation sites is 1. The first-order valence-corrected chi connectivity index (χ1v) is 7.87. The number of benzene rings is 2. The highest BCUT2D eigenvalue weighted by atomic mass is 79.9. The van der Waals surface area contributed by atoms with Crippen LogP contribution in [-0.2, 0) is 0 Å². The molecule has 108 valence electrons. The van der Waals surface area contributed by atoms with Gasteiger partial charge in [0.1, 0.15) is 0 Å². The molecule has 0 atom stereocenters. The topological polar surface area (TPSA) is 23.6 Å². The predicted octanol–water partition coefficient (Wildman–Crippen LogP) is 3.59. The molecule has 0 aromatic heterocycles. The number of hydrogen-bond acceptors (Lipinski definition) is 3. The van der Waals surface area contributed by atoms with Crippen LogP contribution in [0.1, 0.15) is 10.4 Å². The molecule has 0 aliphatic carbocycles. The highest BCUT2D eigenvalue weighted by molar-refractivity contribution is 9.10. The van der Waals surface area contributed by atoms with Crippen molar-refractivity contribution in [2.75, 3.05) is 36.0 Å². The molecular formula is C17H17BrN2O. The maximum absolute atomic E-state index is 10.9. The predicted molar refractivity (Wildman–Crippen MR) is 90.4 cm³/mol. The largest absolute Gasteiger partial charge is 0.368 e. The standard InChI is InChI=1S/C17H17BrN2O/c18-17-12-16(7-6-14(17)13-21)20-10-8-19(9-11-20)15-4-2-1-3-5-15/h1-7,12-13H,8-11H2. The highest BCUT2D eigenvalue weighted by Gasteiger charge is 2.17. The summed E-state index contributed by atoms with van der Waals surface area (Å²) in [4.78, 5) is 15.6. The van der Waals surface area contributed by atoms with E-state index in [4.69, 9.17) is 0 Å². The number of nitrogens with zero attached hydrogens (tertiary/aromatic N) is 2. The van der Waals surface area contributed by atoms with Gasteiger partial charge in [-0.1, -0.05) is 18.2 Å². The molecule has 1 heterocycles. The number of hydrogen-bond donors (Lipinski definition) is 0. The zero-order chi connectivity index (χ0) is 14.7. The third kappa shape index (κ3) is 3.10. The molecular weight excluding hydrogens is 328 g/mol. The number of halogens is 1. The first-order valence-electron chi connectivity index (χ1n) is 7.07. The van der Waals surface area contributed by atoms with Crippen LogP contribution in [0, 0.1) is 0 Å². The van der Waals surface area contributed by atoms with E-state index < -0.39 is 0 Å². The molecule has 3 rings (SSSR count). The molecule has 0 saturated carbocycles. The SMILES string of the molecule is O=Cc1ccc(N2CCN(c3ccccc3)CC2)cc1Br. The fraction of sp³-hybridized carbons (Fsp3) is 0.235. The number of carbonyl (C=O) groups is 1. The van der Waals surface area contributed by atoms with Gasteiger partial charge in [-0.2, -0.15) is 0 Å². The Bertz CT molecular complexity index is 622. The van der Waals surface area contributed by atoms with Crippen LogP contribution in [-0.4, -0.2) is 32.5 Å². The van der Waals surface area contributed by atoms with Crippen molar-refractivity contribution < 1.29 is 4.79 Å². The molecule has 3 nitrogen and oxygen atoms in total. The van der Waals surface area contributed by atoms with Gasteiger partial charge in [-0.15, -0.1) is 0 Å². The van der Waals surface area contributed by atoms with E-state index in [1.807, 2.05) is 24.3 Å². The molecule has 0 unspecified atom stereocenters. The average molecular weight is 345 g/mol. The fourth-order valence-electron chi connectivity index (χ4n) is 2.67. The summed E-state index contributed by atoms with van der Waals surface area (Å²) in [7, 11) is 0. The van der Waals surface area contributed by atoms with Crippen molar-refractivity contribution >= 4 is 33.6 Å². The number of rotatable bonds is 3. The van der Waals surface area contributed by atoms with Gasteiger partial charge in [-0.25, -0.2) is 0 Å². The van der Waals surface area contributed by atoms with E-state index in [-0.39, 0.29) is 0 Å². The summed E-state index contributed by atoms with van der Waals surface area (Å²) in [6, 6.07) is 16.4. The Balaban J connectivity index is 1.68. The van der Waals surface area contributed by atoms with E-state index in [9.17, 15) is 4.79 Å². The van der Waals surface area contributed by atoms with Gasteiger partial charge in [0.25, 0.3) is 0 Å². The Morgan fingerprint density at radius 2 is 1.48 bits per heavy atom. The zero-order valence-corrected chi connectivity index (χ0v) is 13.3. The van der Waals surface area contributed by atoms with Crippen molar-refractivity contribution in [3.05, 3.63) is 58.6 Å². The van der Waals surface area contributed by atoms with Crippen LogP contribution in [0.4, 0.5) is 11.4 Å². The molecule has 2 aromatic rings. The van der Waals surface area contributed by atoms with E-state index in [2.05, 4.69) is 50.0 Å². The van der Waals surface area contributed by atoms with Crippen molar-refractivity contribution in [3.63, 3.8) is 0 Å². The maximum atomic E-state index is 10.9. The molecule has 0 bridgehead atoms. The smallest absolute Gasteiger partial charge is 0.151 e. The van der Waals surface area contributed by atoms with Crippen molar-refractivity contribution in [3.8, 4) is 0 Å². The Hall–Kier alpha value is -1.81. The number of carbonyl (C=O) groups excluding carboxylic acids is 1. The van der Waals surface area contributed by atoms with Crippen LogP contribution in [0.2, 0.25) is 0 Å². The number of aldehydes is 1. The maximum Gasteiger partial charge on any atom is 0.151 e. The summed E-state index contributed by atoms with van der Waals surface area (Å²) in [5.74, 6) is 0. The van der Waals surface area contributed by atoms with Crippen molar-refractivity contribution in [2.24, 2.45) is 0 Å². The van der Waals surface area contributed by atoms with Crippen LogP contribution in [0.5, 0.6) is 0 Å². The summed E-state index contributed by atoms with van der Waals surface area (Å²) >= 11 is 3.45. The van der Waals surface area contributed by atoms with Gasteiger partial charge < -0.3 is 9.80 Å². The number of piperazine rings is 1. The molecule has 21 heavy (non-hydrogen) atoms. The third-order valence-electron chi connectivity index (χ3n) is 3.88. The van der Waals surface area contributed by atoms with Crippen LogP contribution in [0.3, 0.4) is 0 Å². The van der Waals surface area contributed by atoms with Crippen LogP contribution in [0.25, 0.3) is 0 Å². The number of anilines is 2. The Morgan fingerprint density at radius 3 is 2.05 bits per heavy atom. The summed E-state index contributed by atoms with van der Waals surface area (Å²) in [5.41, 5.74) is 3.15. The first kappa shape index (κ1) is 14.1. The van der Waals surface area contributed by atoms with E-state index in [0.717, 1.165) is 36.9 Å². The van der Waals surface area contributed by atoms with Gasteiger partial charge in [0.05, 0.1) is 0 Å². The van der Waals surface area contributed by atoms with E-state index in [1.165, 1.54) is 11.4 Å². The Labute approximate surface area is 133 Å². The monoisotopic (exact) mass is 344 g/mol. The van der Waals surface area contributed by atoms with Gasteiger partial charge in [-0.05, 0) is 46.3 Å². The molecule has 0 radical (unpaired) electrons. The lowest BCUT2D eigenvalue weighted by atomic mass is 10.2. The molecule has 0 N–H and O–H groups in total. The first-order chi connectivity index (χ1) is 10.3. The quantitative estimate of drug-likeness (QED) is 0.795. The molecule has 1 aliphatic rings. The van der Waals surface area contributed by atoms with Gasteiger partial charge in [-0.3, -0.25) is 4.79 Å². The summed E-state index contributed by atoms with van der Waals surface area (Å²) < 4.78 is 0.862. The highest BCUT2D eigenvalue weighted by Crippen LogP contribution is 2.25. The minimum Gasteiger partial charge on any atom is -0.368 e. The van der Waals surface area contributed by atoms with Crippen molar-refractivity contribution in [1.29, 1.82) is 0 Å². The second-order valence-electron chi connectivity index (χ2n) is 5.13. The second-order valence-corrected chi connectivity index (χ2v) is 5.99. The van der Waals surface area contributed by atoms with Gasteiger partial charge >= 0.3 is 0 Å². The molecule has 1 fully saturated rings. The van der Waals surface area contributed by atoms with Crippen LogP contribution in [0.15, 0.2) is 53.0 Å². The molecule has 1 saturated heterocycles. The van der Waals surface area contributed by atoms with Crippen molar-refractivity contribution in [2.45, 2.75) is 0 Å².